The molecule has 4 nitrogen and oxygen atoms in total. The molecule has 0 radical (unpaired) electrons. The smallest absolute Gasteiger partial charge is 0.279 e. The number of aliphatic imine (C=N–C) groups is 1. The van der Waals surface area contributed by atoms with Gasteiger partial charge >= 0.3 is 0 Å². The molecule has 1 unspecified atom stereocenters. The number of aromatic hydroxyl groups is 1. The van der Waals surface area contributed by atoms with Crippen molar-refractivity contribution in [2.75, 3.05) is 0 Å². The number of nitrogens with zero attached hydrogens (tertiary/aromatic N) is 2. The average Bonchev–Trinajstić information content (AvgIpc) is 2.45. The number of unbranched alkanes of at least 4 members (excludes halogenated alkanes) is 1. The maximum atomic E-state index is 12.4. The molecule has 0 aromatic carbocycles. The third-order valence-corrected chi connectivity index (χ3v) is 4.10. The quantitative estimate of drug-likeness (QED) is 0.773. The zero-order chi connectivity index (χ0) is 15.3. The van der Waals surface area contributed by atoms with Crippen LogP contribution < -0.4 is 5.56 Å². The van der Waals surface area contributed by atoms with E-state index in [1.54, 1.807) is 6.92 Å². The summed E-state index contributed by atoms with van der Waals surface area (Å²) < 4.78 is 1.45. The van der Waals surface area contributed by atoms with Crippen LogP contribution in [0.1, 0.15) is 50.7 Å². The molecule has 1 N–H and O–H groups in total. The van der Waals surface area contributed by atoms with Crippen molar-refractivity contribution in [3.63, 3.8) is 0 Å². The first kappa shape index (κ1) is 16.5. The highest BCUT2D eigenvalue weighted by Gasteiger charge is 2.18. The van der Waals surface area contributed by atoms with Crippen molar-refractivity contribution in [3.05, 3.63) is 21.5 Å². The molecule has 0 aliphatic rings. The second kappa shape index (κ2) is 7.27. The Kier molecular flexibility index (Phi) is 5.99. The standard InChI is InChI=1S/C16H26N2O2/c1-6-8-9-13(7-2)10-18-15(19)12(4)11(3)14(17-5)16(18)20/h13,19H,5-10H2,1-4H3. The fraction of sp³-hybridized carbons (Fsp3) is 0.625. The second-order valence-electron chi connectivity index (χ2n) is 5.41. The predicted octanol–water partition coefficient (Wildman–Crippen LogP) is 3.72. The van der Waals surface area contributed by atoms with E-state index in [0.717, 1.165) is 25.7 Å². The summed E-state index contributed by atoms with van der Waals surface area (Å²) in [5, 5.41) is 10.2. The van der Waals surface area contributed by atoms with Gasteiger partial charge in [-0.25, -0.2) is 0 Å². The minimum absolute atomic E-state index is 0.0647. The molecule has 0 spiro atoms. The zero-order valence-corrected chi connectivity index (χ0v) is 13.1. The number of pyridine rings is 1. The lowest BCUT2D eigenvalue weighted by Crippen LogP contribution is -2.25. The molecule has 112 valence electrons. The van der Waals surface area contributed by atoms with Gasteiger partial charge in [0.25, 0.3) is 5.56 Å². The molecule has 1 rings (SSSR count). The van der Waals surface area contributed by atoms with Crippen LogP contribution in [0, 0.1) is 19.8 Å². The van der Waals surface area contributed by atoms with Gasteiger partial charge in [0, 0.05) is 12.1 Å². The molecular weight excluding hydrogens is 252 g/mol. The molecule has 4 heteroatoms. The molecule has 0 amide bonds. The van der Waals surface area contributed by atoms with Crippen LogP contribution in [-0.4, -0.2) is 16.4 Å². The highest BCUT2D eigenvalue weighted by molar-refractivity contribution is 5.54. The molecule has 1 heterocycles. The first-order valence-electron chi connectivity index (χ1n) is 7.37. The zero-order valence-electron chi connectivity index (χ0n) is 13.1. The Morgan fingerprint density at radius 2 is 1.95 bits per heavy atom. The summed E-state index contributed by atoms with van der Waals surface area (Å²) in [6.45, 7) is 11.9. The van der Waals surface area contributed by atoms with E-state index in [9.17, 15) is 9.90 Å². The van der Waals surface area contributed by atoms with Crippen molar-refractivity contribution < 1.29 is 5.11 Å². The Bertz CT molecular complexity index is 532. The maximum absolute atomic E-state index is 12.4. The summed E-state index contributed by atoms with van der Waals surface area (Å²) in [6, 6.07) is 0. The summed E-state index contributed by atoms with van der Waals surface area (Å²) in [4.78, 5) is 16.2. The third kappa shape index (κ3) is 3.30. The van der Waals surface area contributed by atoms with Gasteiger partial charge < -0.3 is 5.11 Å². The summed E-state index contributed by atoms with van der Waals surface area (Å²) in [5.41, 5.74) is 1.53. The van der Waals surface area contributed by atoms with E-state index in [1.807, 2.05) is 6.92 Å². The van der Waals surface area contributed by atoms with E-state index in [4.69, 9.17) is 0 Å². The molecule has 0 aliphatic carbocycles. The van der Waals surface area contributed by atoms with Crippen molar-refractivity contribution in [3.8, 4) is 5.88 Å². The van der Waals surface area contributed by atoms with Gasteiger partial charge in [-0.2, -0.15) is 0 Å². The van der Waals surface area contributed by atoms with Gasteiger partial charge in [0.1, 0.15) is 5.69 Å². The maximum Gasteiger partial charge on any atom is 0.279 e. The Morgan fingerprint density at radius 1 is 1.30 bits per heavy atom. The van der Waals surface area contributed by atoms with Gasteiger partial charge in [0.15, 0.2) is 5.88 Å². The van der Waals surface area contributed by atoms with E-state index in [-0.39, 0.29) is 11.4 Å². The van der Waals surface area contributed by atoms with Crippen LogP contribution in [0.15, 0.2) is 9.79 Å². The summed E-state index contributed by atoms with van der Waals surface area (Å²) >= 11 is 0. The van der Waals surface area contributed by atoms with Crippen molar-refractivity contribution in [2.24, 2.45) is 10.9 Å². The molecule has 20 heavy (non-hydrogen) atoms. The first-order chi connectivity index (χ1) is 9.47. The highest BCUT2D eigenvalue weighted by Crippen LogP contribution is 2.26. The van der Waals surface area contributed by atoms with Crippen LogP contribution in [-0.2, 0) is 6.54 Å². The largest absolute Gasteiger partial charge is 0.494 e. The van der Waals surface area contributed by atoms with Crippen LogP contribution in [0.3, 0.4) is 0 Å². The molecule has 1 aromatic rings. The Balaban J connectivity index is 3.21. The molecule has 0 aliphatic heterocycles. The third-order valence-electron chi connectivity index (χ3n) is 4.10. The van der Waals surface area contributed by atoms with Crippen molar-refractivity contribution >= 4 is 12.4 Å². The summed E-state index contributed by atoms with van der Waals surface area (Å²) in [7, 11) is 0. The lowest BCUT2D eigenvalue weighted by Gasteiger charge is -2.19. The van der Waals surface area contributed by atoms with Gasteiger partial charge in [-0.15, -0.1) is 0 Å². The van der Waals surface area contributed by atoms with E-state index in [0.29, 0.717) is 29.3 Å². The molecule has 1 atom stereocenters. The topological polar surface area (TPSA) is 54.6 Å². The minimum atomic E-state index is -0.240. The Labute approximate surface area is 121 Å². The summed E-state index contributed by atoms with van der Waals surface area (Å²) in [6.07, 6.45) is 4.35. The van der Waals surface area contributed by atoms with Crippen molar-refractivity contribution in [1.29, 1.82) is 0 Å². The van der Waals surface area contributed by atoms with E-state index in [1.165, 1.54) is 4.57 Å². The molecule has 1 aromatic heterocycles. The van der Waals surface area contributed by atoms with Crippen LogP contribution in [0.25, 0.3) is 0 Å². The molecular formula is C16H26N2O2. The molecule has 0 saturated carbocycles. The van der Waals surface area contributed by atoms with Crippen LogP contribution in [0.4, 0.5) is 5.69 Å². The highest BCUT2D eigenvalue weighted by atomic mass is 16.3. The SMILES string of the molecule is C=Nc1c(C)c(C)c(O)n(CC(CC)CCCC)c1=O. The predicted molar refractivity (Wildman–Crippen MR) is 84.4 cm³/mol. The molecule has 0 bridgehead atoms. The van der Waals surface area contributed by atoms with Gasteiger partial charge in [0.05, 0.1) is 0 Å². The van der Waals surface area contributed by atoms with E-state index < -0.39 is 0 Å². The fourth-order valence-corrected chi connectivity index (χ4v) is 2.46. The normalized spacial score (nSPS) is 12.4. The monoisotopic (exact) mass is 278 g/mol. The van der Waals surface area contributed by atoms with E-state index in [2.05, 4.69) is 25.6 Å². The summed E-state index contributed by atoms with van der Waals surface area (Å²) in [5.74, 6) is 0.466. The number of rotatable bonds is 7. The van der Waals surface area contributed by atoms with Gasteiger partial charge in [0.2, 0.25) is 0 Å². The molecule has 0 fully saturated rings. The lowest BCUT2D eigenvalue weighted by molar-refractivity contribution is 0.338. The van der Waals surface area contributed by atoms with Crippen LogP contribution >= 0.6 is 0 Å². The number of hydrogen-bond donors (Lipinski definition) is 1. The van der Waals surface area contributed by atoms with E-state index >= 15 is 0 Å². The minimum Gasteiger partial charge on any atom is -0.494 e. The fourth-order valence-electron chi connectivity index (χ4n) is 2.46. The van der Waals surface area contributed by atoms with Gasteiger partial charge in [-0.05, 0) is 38.5 Å². The van der Waals surface area contributed by atoms with Crippen molar-refractivity contribution in [1.82, 2.24) is 4.57 Å². The Hall–Kier alpha value is -1.58. The first-order valence-corrected chi connectivity index (χ1v) is 7.37. The molecule has 0 saturated heterocycles. The number of hydrogen-bond acceptors (Lipinski definition) is 3. The second-order valence-corrected chi connectivity index (χ2v) is 5.41. The van der Waals surface area contributed by atoms with Gasteiger partial charge in [-0.3, -0.25) is 14.4 Å². The van der Waals surface area contributed by atoms with Crippen molar-refractivity contribution in [2.45, 2.75) is 59.9 Å². The van der Waals surface area contributed by atoms with Gasteiger partial charge in [-0.1, -0.05) is 33.1 Å². The number of aromatic nitrogens is 1. The van der Waals surface area contributed by atoms with Crippen LogP contribution in [0.5, 0.6) is 5.88 Å². The lowest BCUT2D eigenvalue weighted by atomic mass is 9.99. The Morgan fingerprint density at radius 3 is 2.45 bits per heavy atom. The van der Waals surface area contributed by atoms with Crippen LogP contribution in [0.2, 0.25) is 0 Å². The average molecular weight is 278 g/mol.